The zero-order chi connectivity index (χ0) is 18.0. The summed E-state index contributed by atoms with van der Waals surface area (Å²) >= 11 is 3.22. The molecular formula is C19H17BrFNO3. The van der Waals surface area contributed by atoms with Crippen molar-refractivity contribution in [1.29, 1.82) is 0 Å². The minimum Gasteiger partial charge on any atom is -0.480 e. The average molecular weight is 406 g/mol. The van der Waals surface area contributed by atoms with Crippen molar-refractivity contribution in [2.75, 3.05) is 0 Å². The Morgan fingerprint density at radius 3 is 2.72 bits per heavy atom. The fraction of sp³-hybridized carbons (Fsp3) is 0.263. The Labute approximate surface area is 153 Å². The number of aryl methyl sites for hydroxylation is 1. The van der Waals surface area contributed by atoms with Crippen molar-refractivity contribution < 1.29 is 19.1 Å². The van der Waals surface area contributed by atoms with E-state index in [2.05, 4.69) is 21.2 Å². The van der Waals surface area contributed by atoms with E-state index >= 15 is 0 Å². The van der Waals surface area contributed by atoms with Gasteiger partial charge in [-0.25, -0.2) is 9.18 Å². The number of amides is 1. The van der Waals surface area contributed by atoms with E-state index in [0.717, 1.165) is 17.5 Å². The Hall–Kier alpha value is -2.21. The highest BCUT2D eigenvalue weighted by Crippen LogP contribution is 2.35. The molecule has 0 saturated heterocycles. The van der Waals surface area contributed by atoms with E-state index in [1.807, 2.05) is 24.3 Å². The summed E-state index contributed by atoms with van der Waals surface area (Å²) in [5.41, 5.74) is 2.29. The Bertz CT molecular complexity index is 804. The number of rotatable bonds is 5. The van der Waals surface area contributed by atoms with Crippen LogP contribution in [-0.2, 0) is 22.4 Å². The van der Waals surface area contributed by atoms with Gasteiger partial charge in [0.1, 0.15) is 11.9 Å². The molecule has 3 rings (SSSR count). The average Bonchev–Trinajstić information content (AvgIpc) is 3.00. The first kappa shape index (κ1) is 17.6. The molecule has 0 spiro atoms. The summed E-state index contributed by atoms with van der Waals surface area (Å²) in [4.78, 5) is 24.1. The lowest BCUT2D eigenvalue weighted by Crippen LogP contribution is -2.45. The third-order valence-electron chi connectivity index (χ3n) is 4.56. The van der Waals surface area contributed by atoms with Gasteiger partial charge in [-0.1, -0.05) is 46.3 Å². The lowest BCUT2D eigenvalue weighted by atomic mass is 9.93. The van der Waals surface area contributed by atoms with Gasteiger partial charge in [0.15, 0.2) is 0 Å². The van der Waals surface area contributed by atoms with Gasteiger partial charge in [0, 0.05) is 16.0 Å². The molecule has 0 radical (unpaired) electrons. The van der Waals surface area contributed by atoms with Crippen LogP contribution in [0.2, 0.25) is 0 Å². The molecule has 2 N–H and O–H groups in total. The van der Waals surface area contributed by atoms with Crippen molar-refractivity contribution in [1.82, 2.24) is 5.32 Å². The second-order valence-electron chi connectivity index (χ2n) is 6.10. The van der Waals surface area contributed by atoms with Gasteiger partial charge in [0.2, 0.25) is 5.91 Å². The summed E-state index contributed by atoms with van der Waals surface area (Å²) in [5.74, 6) is -2.37. The van der Waals surface area contributed by atoms with Crippen LogP contribution in [0.5, 0.6) is 0 Å². The molecule has 0 fully saturated rings. The molecule has 0 saturated carbocycles. The van der Waals surface area contributed by atoms with Crippen LogP contribution in [0.1, 0.15) is 29.0 Å². The van der Waals surface area contributed by atoms with Crippen LogP contribution in [0.25, 0.3) is 0 Å². The van der Waals surface area contributed by atoms with Crippen LogP contribution in [0.3, 0.4) is 0 Å². The van der Waals surface area contributed by atoms with E-state index < -0.39 is 23.7 Å². The number of hydrogen-bond donors (Lipinski definition) is 2. The maximum absolute atomic E-state index is 13.9. The largest absolute Gasteiger partial charge is 0.480 e. The first-order chi connectivity index (χ1) is 12.0. The second-order valence-corrected chi connectivity index (χ2v) is 6.96. The van der Waals surface area contributed by atoms with Gasteiger partial charge in [-0.15, -0.1) is 0 Å². The molecule has 0 heterocycles. The van der Waals surface area contributed by atoms with Gasteiger partial charge >= 0.3 is 5.97 Å². The molecule has 25 heavy (non-hydrogen) atoms. The summed E-state index contributed by atoms with van der Waals surface area (Å²) < 4.78 is 14.4. The van der Waals surface area contributed by atoms with E-state index in [1.54, 1.807) is 6.07 Å². The standard InChI is InChI=1S/C19H17BrFNO3/c20-15-6-3-7-16(21)14(15)10-17(23)22-18(19(24)25)13-9-8-11-4-1-2-5-12(11)13/h1-7,13,18H,8-10H2,(H,22,23)(H,24,25). The molecule has 130 valence electrons. The number of hydrogen-bond acceptors (Lipinski definition) is 2. The summed E-state index contributed by atoms with van der Waals surface area (Å²) in [6.45, 7) is 0. The smallest absolute Gasteiger partial charge is 0.326 e. The monoisotopic (exact) mass is 405 g/mol. The van der Waals surface area contributed by atoms with E-state index in [0.29, 0.717) is 10.9 Å². The molecular weight excluding hydrogens is 389 g/mol. The summed E-state index contributed by atoms with van der Waals surface area (Å²) in [6.07, 6.45) is 1.24. The molecule has 1 amide bonds. The van der Waals surface area contributed by atoms with E-state index in [4.69, 9.17) is 0 Å². The number of halogens is 2. The van der Waals surface area contributed by atoms with Crippen LogP contribution < -0.4 is 5.32 Å². The molecule has 2 atom stereocenters. The maximum Gasteiger partial charge on any atom is 0.326 e. The van der Waals surface area contributed by atoms with E-state index in [-0.39, 0.29) is 17.9 Å². The highest BCUT2D eigenvalue weighted by atomic mass is 79.9. The number of carbonyl (C=O) groups excluding carboxylic acids is 1. The molecule has 2 aromatic carbocycles. The molecule has 2 unspecified atom stereocenters. The fourth-order valence-corrected chi connectivity index (χ4v) is 3.84. The number of nitrogens with one attached hydrogen (secondary N) is 1. The quantitative estimate of drug-likeness (QED) is 0.800. The molecule has 2 aromatic rings. The van der Waals surface area contributed by atoms with Crippen LogP contribution in [-0.4, -0.2) is 23.0 Å². The summed E-state index contributed by atoms with van der Waals surface area (Å²) in [5, 5.41) is 12.2. The molecule has 4 nitrogen and oxygen atoms in total. The van der Waals surface area contributed by atoms with Gasteiger partial charge in [-0.05, 0) is 36.1 Å². The van der Waals surface area contributed by atoms with Crippen LogP contribution in [0.15, 0.2) is 46.9 Å². The number of carboxylic acids is 1. The van der Waals surface area contributed by atoms with Gasteiger partial charge in [0.05, 0.1) is 6.42 Å². The predicted octanol–water partition coefficient (Wildman–Crippen LogP) is 3.43. The summed E-state index contributed by atoms with van der Waals surface area (Å²) in [6, 6.07) is 11.1. The minimum atomic E-state index is -1.08. The van der Waals surface area contributed by atoms with Gasteiger partial charge in [-0.2, -0.15) is 0 Å². The normalized spacial score (nSPS) is 17.0. The number of carbonyl (C=O) groups is 2. The van der Waals surface area contributed by atoms with Crippen molar-refractivity contribution in [3.8, 4) is 0 Å². The zero-order valence-electron chi connectivity index (χ0n) is 13.3. The van der Waals surface area contributed by atoms with Crippen molar-refractivity contribution in [2.45, 2.75) is 31.2 Å². The van der Waals surface area contributed by atoms with Crippen molar-refractivity contribution in [2.24, 2.45) is 0 Å². The molecule has 0 aromatic heterocycles. The number of carboxylic acid groups (broad SMARTS) is 1. The van der Waals surface area contributed by atoms with Crippen LogP contribution in [0, 0.1) is 5.82 Å². The third kappa shape index (κ3) is 3.74. The predicted molar refractivity (Wildman–Crippen MR) is 94.9 cm³/mol. The van der Waals surface area contributed by atoms with Crippen molar-refractivity contribution in [3.05, 3.63) is 69.4 Å². The Balaban J connectivity index is 1.77. The van der Waals surface area contributed by atoms with Gasteiger partial charge in [-0.3, -0.25) is 4.79 Å². The van der Waals surface area contributed by atoms with Crippen molar-refractivity contribution >= 4 is 27.8 Å². The van der Waals surface area contributed by atoms with Crippen LogP contribution >= 0.6 is 15.9 Å². The second kappa shape index (κ2) is 7.35. The molecule has 0 bridgehead atoms. The highest BCUT2D eigenvalue weighted by Gasteiger charge is 2.35. The fourth-order valence-electron chi connectivity index (χ4n) is 3.36. The molecule has 6 heteroatoms. The lowest BCUT2D eigenvalue weighted by Gasteiger charge is -2.22. The SMILES string of the molecule is O=C(Cc1c(F)cccc1Br)NC(C(=O)O)C1CCc2ccccc21. The lowest BCUT2D eigenvalue weighted by molar-refractivity contribution is -0.142. The van der Waals surface area contributed by atoms with E-state index in [1.165, 1.54) is 12.1 Å². The third-order valence-corrected chi connectivity index (χ3v) is 5.31. The Kier molecular flexibility index (Phi) is 5.18. The first-order valence-electron chi connectivity index (χ1n) is 8.00. The minimum absolute atomic E-state index is 0.217. The Morgan fingerprint density at radius 1 is 1.24 bits per heavy atom. The molecule has 1 aliphatic rings. The first-order valence-corrected chi connectivity index (χ1v) is 8.79. The number of aliphatic carboxylic acids is 1. The highest BCUT2D eigenvalue weighted by molar-refractivity contribution is 9.10. The summed E-state index contributed by atoms with van der Waals surface area (Å²) in [7, 11) is 0. The number of benzene rings is 2. The molecule has 1 aliphatic carbocycles. The molecule has 0 aliphatic heterocycles. The van der Waals surface area contributed by atoms with E-state index in [9.17, 15) is 19.1 Å². The number of fused-ring (bicyclic) bond motifs is 1. The topological polar surface area (TPSA) is 66.4 Å². The maximum atomic E-state index is 13.9. The Morgan fingerprint density at radius 2 is 2.00 bits per heavy atom. The zero-order valence-corrected chi connectivity index (χ0v) is 14.9. The van der Waals surface area contributed by atoms with Gasteiger partial charge in [0.25, 0.3) is 0 Å². The van der Waals surface area contributed by atoms with Gasteiger partial charge < -0.3 is 10.4 Å². The van der Waals surface area contributed by atoms with Crippen molar-refractivity contribution in [3.63, 3.8) is 0 Å². The van der Waals surface area contributed by atoms with Crippen LogP contribution in [0.4, 0.5) is 4.39 Å².